The highest BCUT2D eigenvalue weighted by molar-refractivity contribution is 5.89. The Morgan fingerprint density at radius 2 is 1.79 bits per heavy atom. The van der Waals surface area contributed by atoms with Crippen LogP contribution in [0.2, 0.25) is 0 Å². The van der Waals surface area contributed by atoms with E-state index in [9.17, 15) is 9.59 Å². The van der Waals surface area contributed by atoms with Gasteiger partial charge in [-0.25, -0.2) is 0 Å². The van der Waals surface area contributed by atoms with Crippen molar-refractivity contribution in [2.45, 2.75) is 39.2 Å². The average Bonchev–Trinajstić information content (AvgIpc) is 2.69. The van der Waals surface area contributed by atoms with E-state index in [1.807, 2.05) is 56.3 Å². The molecule has 1 fully saturated rings. The molecule has 0 spiro atoms. The normalized spacial score (nSPS) is 15.1. The van der Waals surface area contributed by atoms with Crippen LogP contribution >= 0.6 is 0 Å². The highest BCUT2D eigenvalue weighted by atomic mass is 16.5. The van der Waals surface area contributed by atoms with Crippen molar-refractivity contribution in [1.29, 1.82) is 0 Å². The Balaban J connectivity index is 1.68. The maximum Gasteiger partial charge on any atom is 0.249 e. The molecule has 0 aliphatic carbocycles. The molecule has 0 radical (unpaired) electrons. The van der Waals surface area contributed by atoms with Gasteiger partial charge in [-0.1, -0.05) is 36.4 Å². The molecule has 3 rings (SSSR count). The third-order valence-corrected chi connectivity index (χ3v) is 5.29. The second-order valence-electron chi connectivity index (χ2n) is 7.79. The number of hydrogen-bond acceptors (Lipinski definition) is 3. The second-order valence-corrected chi connectivity index (χ2v) is 7.79. The topological polar surface area (TPSA) is 49.9 Å². The second kappa shape index (κ2) is 9.59. The van der Waals surface area contributed by atoms with Gasteiger partial charge in [-0.05, 0) is 55.5 Å². The molecule has 1 atom stereocenters. The zero-order valence-electron chi connectivity index (χ0n) is 17.6. The Kier molecular flexibility index (Phi) is 6.91. The van der Waals surface area contributed by atoms with Crippen molar-refractivity contribution < 1.29 is 14.3 Å². The number of aryl methyl sites for hydroxylation is 2. The van der Waals surface area contributed by atoms with Crippen LogP contribution in [-0.4, -0.2) is 48.4 Å². The van der Waals surface area contributed by atoms with E-state index in [0.717, 1.165) is 35.3 Å². The van der Waals surface area contributed by atoms with E-state index in [1.54, 1.807) is 16.8 Å². The summed E-state index contributed by atoms with van der Waals surface area (Å²) < 4.78 is 5.87. The number of piperidine rings is 1. The molecule has 2 aromatic carbocycles. The van der Waals surface area contributed by atoms with Gasteiger partial charge >= 0.3 is 0 Å². The molecule has 2 amide bonds. The summed E-state index contributed by atoms with van der Waals surface area (Å²) in [5.41, 5.74) is 3.16. The number of rotatable bonds is 7. The lowest BCUT2D eigenvalue weighted by Crippen LogP contribution is -2.46. The Hall–Kier alpha value is -2.82. The summed E-state index contributed by atoms with van der Waals surface area (Å²) in [5, 5.41) is 0. The summed E-state index contributed by atoms with van der Waals surface area (Å²) in [6.45, 7) is 5.56. The lowest BCUT2D eigenvalue weighted by molar-refractivity contribution is -0.147. The fourth-order valence-electron chi connectivity index (χ4n) is 3.83. The van der Waals surface area contributed by atoms with Gasteiger partial charge in [-0.2, -0.15) is 0 Å². The van der Waals surface area contributed by atoms with Gasteiger partial charge in [0.2, 0.25) is 11.8 Å². The molecule has 1 heterocycles. The van der Waals surface area contributed by atoms with Crippen LogP contribution in [0.25, 0.3) is 0 Å². The van der Waals surface area contributed by atoms with Crippen LogP contribution in [0.15, 0.2) is 48.5 Å². The standard InChI is InChI=1S/C24H30N2O3/c1-18-15-19(2)17-21(16-18)29-14-13-25(3)24(28)23(20-9-5-4-6-10-20)26-12-8-7-11-22(26)27/h4-6,9-10,15-17,23H,7-8,11-14H2,1-3H3. The minimum absolute atomic E-state index is 0.0540. The lowest BCUT2D eigenvalue weighted by atomic mass is 10.00. The molecule has 1 aliphatic heterocycles. The molecule has 1 aliphatic rings. The van der Waals surface area contributed by atoms with E-state index < -0.39 is 6.04 Å². The van der Waals surface area contributed by atoms with Gasteiger partial charge in [0.1, 0.15) is 18.4 Å². The number of carbonyl (C=O) groups is 2. The third-order valence-electron chi connectivity index (χ3n) is 5.29. The first-order valence-electron chi connectivity index (χ1n) is 10.3. The zero-order valence-corrected chi connectivity index (χ0v) is 17.6. The van der Waals surface area contributed by atoms with Crippen molar-refractivity contribution in [3.05, 3.63) is 65.2 Å². The predicted octanol–water partition coefficient (Wildman–Crippen LogP) is 3.89. The summed E-state index contributed by atoms with van der Waals surface area (Å²) in [7, 11) is 1.78. The molecule has 0 bridgehead atoms. The largest absolute Gasteiger partial charge is 0.492 e. The van der Waals surface area contributed by atoms with E-state index in [2.05, 4.69) is 6.07 Å². The minimum atomic E-state index is -0.574. The van der Waals surface area contributed by atoms with Crippen molar-refractivity contribution in [3.8, 4) is 5.75 Å². The van der Waals surface area contributed by atoms with Crippen LogP contribution in [0.5, 0.6) is 5.75 Å². The summed E-state index contributed by atoms with van der Waals surface area (Å²) >= 11 is 0. The van der Waals surface area contributed by atoms with Gasteiger partial charge in [0.25, 0.3) is 0 Å². The number of carbonyl (C=O) groups excluding carboxylic acids is 2. The number of nitrogens with zero attached hydrogens (tertiary/aromatic N) is 2. The van der Waals surface area contributed by atoms with E-state index in [0.29, 0.717) is 26.1 Å². The molecule has 0 N–H and O–H groups in total. The zero-order chi connectivity index (χ0) is 20.8. The van der Waals surface area contributed by atoms with Crippen molar-refractivity contribution in [2.24, 2.45) is 0 Å². The molecular formula is C24H30N2O3. The Morgan fingerprint density at radius 3 is 2.45 bits per heavy atom. The lowest BCUT2D eigenvalue weighted by Gasteiger charge is -2.36. The Bertz CT molecular complexity index is 830. The number of benzene rings is 2. The fourth-order valence-corrected chi connectivity index (χ4v) is 3.83. The van der Waals surface area contributed by atoms with Gasteiger partial charge in [-0.15, -0.1) is 0 Å². The first-order valence-corrected chi connectivity index (χ1v) is 10.3. The number of likely N-dealkylation sites (N-methyl/N-ethyl adjacent to an activating group) is 1. The van der Waals surface area contributed by atoms with Crippen molar-refractivity contribution >= 4 is 11.8 Å². The van der Waals surface area contributed by atoms with Gasteiger partial charge < -0.3 is 14.5 Å². The molecule has 1 unspecified atom stereocenters. The molecular weight excluding hydrogens is 364 g/mol. The molecule has 1 saturated heterocycles. The van der Waals surface area contributed by atoms with Gasteiger partial charge in [0, 0.05) is 20.0 Å². The van der Waals surface area contributed by atoms with Gasteiger partial charge in [0.05, 0.1) is 6.54 Å². The highest BCUT2D eigenvalue weighted by Gasteiger charge is 2.34. The molecule has 5 heteroatoms. The number of hydrogen-bond donors (Lipinski definition) is 0. The SMILES string of the molecule is Cc1cc(C)cc(OCCN(C)C(=O)C(c2ccccc2)N2CCCCC2=O)c1. The maximum absolute atomic E-state index is 13.3. The molecule has 5 nitrogen and oxygen atoms in total. The molecule has 0 aromatic heterocycles. The maximum atomic E-state index is 13.3. The average molecular weight is 395 g/mol. The molecule has 0 saturated carbocycles. The quantitative estimate of drug-likeness (QED) is 0.716. The van der Waals surface area contributed by atoms with Crippen LogP contribution in [-0.2, 0) is 9.59 Å². The minimum Gasteiger partial charge on any atom is -0.492 e. The van der Waals surface area contributed by atoms with E-state index >= 15 is 0 Å². The van der Waals surface area contributed by atoms with Crippen LogP contribution < -0.4 is 4.74 Å². The van der Waals surface area contributed by atoms with E-state index in [4.69, 9.17) is 4.74 Å². The van der Waals surface area contributed by atoms with E-state index in [1.165, 1.54) is 0 Å². The number of likely N-dealkylation sites (tertiary alicyclic amines) is 1. The fraction of sp³-hybridized carbons (Fsp3) is 0.417. The van der Waals surface area contributed by atoms with E-state index in [-0.39, 0.29) is 11.8 Å². The predicted molar refractivity (Wildman–Crippen MR) is 114 cm³/mol. The summed E-state index contributed by atoms with van der Waals surface area (Å²) in [6.07, 6.45) is 2.34. The van der Waals surface area contributed by atoms with Crippen LogP contribution in [0.1, 0.15) is 42.0 Å². The van der Waals surface area contributed by atoms with Crippen LogP contribution in [0.4, 0.5) is 0 Å². The van der Waals surface area contributed by atoms with Crippen molar-refractivity contribution in [3.63, 3.8) is 0 Å². The Labute approximate surface area is 173 Å². The number of ether oxygens (including phenoxy) is 1. The molecule has 154 valence electrons. The van der Waals surface area contributed by atoms with Crippen LogP contribution in [0, 0.1) is 13.8 Å². The highest BCUT2D eigenvalue weighted by Crippen LogP contribution is 2.27. The summed E-state index contributed by atoms with van der Waals surface area (Å²) in [6, 6.07) is 15.1. The van der Waals surface area contributed by atoms with Crippen LogP contribution in [0.3, 0.4) is 0 Å². The van der Waals surface area contributed by atoms with Gasteiger partial charge in [0.15, 0.2) is 0 Å². The third kappa shape index (κ3) is 5.37. The summed E-state index contributed by atoms with van der Waals surface area (Å²) in [5.74, 6) is 0.794. The monoisotopic (exact) mass is 394 g/mol. The number of amides is 2. The Morgan fingerprint density at radius 1 is 1.10 bits per heavy atom. The first kappa shape index (κ1) is 20.9. The first-order chi connectivity index (χ1) is 14.0. The van der Waals surface area contributed by atoms with Crippen molar-refractivity contribution in [2.75, 3.05) is 26.7 Å². The van der Waals surface area contributed by atoms with Crippen molar-refractivity contribution in [1.82, 2.24) is 9.80 Å². The molecule has 29 heavy (non-hydrogen) atoms. The smallest absolute Gasteiger partial charge is 0.249 e. The molecule has 2 aromatic rings. The summed E-state index contributed by atoms with van der Waals surface area (Å²) in [4.78, 5) is 29.3. The van der Waals surface area contributed by atoms with Gasteiger partial charge in [-0.3, -0.25) is 9.59 Å².